The van der Waals surface area contributed by atoms with Gasteiger partial charge < -0.3 is 15.4 Å². The van der Waals surface area contributed by atoms with Gasteiger partial charge in [0.1, 0.15) is 5.41 Å². The third kappa shape index (κ3) is 5.04. The number of nitrogens with one attached hydrogen (secondary N) is 2. The van der Waals surface area contributed by atoms with Crippen LogP contribution in [0.2, 0.25) is 5.02 Å². The number of rotatable bonds is 6. The summed E-state index contributed by atoms with van der Waals surface area (Å²) in [6, 6.07) is 7.89. The Bertz CT molecular complexity index is 853. The summed E-state index contributed by atoms with van der Waals surface area (Å²) in [7, 11) is 1.26. The summed E-state index contributed by atoms with van der Waals surface area (Å²) in [6.07, 6.45) is 3.24. The number of carbonyl (C=O) groups is 3. The molecule has 0 radical (unpaired) electrons. The van der Waals surface area contributed by atoms with Crippen molar-refractivity contribution < 1.29 is 19.1 Å². The minimum atomic E-state index is -1.36. The molecular formula is C19H20ClN3O4. The van der Waals surface area contributed by atoms with Crippen molar-refractivity contribution in [3.63, 3.8) is 0 Å². The molecule has 0 aliphatic heterocycles. The van der Waals surface area contributed by atoms with Gasteiger partial charge in [0, 0.05) is 18.9 Å². The van der Waals surface area contributed by atoms with Gasteiger partial charge in [0.15, 0.2) is 0 Å². The number of methoxy groups -OCH3 is 1. The Morgan fingerprint density at radius 2 is 1.78 bits per heavy atom. The fraction of sp³-hybridized carbons (Fsp3) is 0.263. The van der Waals surface area contributed by atoms with Crippen molar-refractivity contribution in [3.8, 4) is 0 Å². The summed E-state index contributed by atoms with van der Waals surface area (Å²) in [6.45, 7) is 3.28. The number of carbonyl (C=O) groups excluding carboxylic acids is 3. The van der Waals surface area contributed by atoms with Crippen molar-refractivity contribution in [2.75, 3.05) is 12.4 Å². The van der Waals surface area contributed by atoms with Crippen LogP contribution in [0.5, 0.6) is 0 Å². The second-order valence-electron chi connectivity index (χ2n) is 6.30. The zero-order valence-electron chi connectivity index (χ0n) is 15.2. The van der Waals surface area contributed by atoms with E-state index in [0.717, 1.165) is 5.56 Å². The SMILES string of the molecule is COC(=O)c1ccc(Cl)c(NC(=O)C(C)(C)C(=O)NCc2ccncc2)c1. The van der Waals surface area contributed by atoms with E-state index in [9.17, 15) is 14.4 Å². The number of nitrogens with zero attached hydrogens (tertiary/aromatic N) is 1. The number of amides is 2. The van der Waals surface area contributed by atoms with Gasteiger partial charge in [0.05, 0.1) is 23.4 Å². The molecule has 2 rings (SSSR count). The monoisotopic (exact) mass is 389 g/mol. The van der Waals surface area contributed by atoms with Gasteiger partial charge in [-0.15, -0.1) is 0 Å². The minimum Gasteiger partial charge on any atom is -0.465 e. The quantitative estimate of drug-likeness (QED) is 0.584. The first-order chi connectivity index (χ1) is 12.8. The van der Waals surface area contributed by atoms with Gasteiger partial charge in [-0.25, -0.2) is 4.79 Å². The molecule has 0 bridgehead atoms. The number of ether oxygens (including phenoxy) is 1. The molecule has 27 heavy (non-hydrogen) atoms. The lowest BCUT2D eigenvalue weighted by Crippen LogP contribution is -2.44. The van der Waals surface area contributed by atoms with Crippen LogP contribution >= 0.6 is 11.6 Å². The van der Waals surface area contributed by atoms with Gasteiger partial charge in [-0.2, -0.15) is 0 Å². The van der Waals surface area contributed by atoms with E-state index in [4.69, 9.17) is 11.6 Å². The maximum Gasteiger partial charge on any atom is 0.337 e. The van der Waals surface area contributed by atoms with E-state index >= 15 is 0 Å². The highest BCUT2D eigenvalue weighted by Gasteiger charge is 2.36. The van der Waals surface area contributed by atoms with Crippen LogP contribution < -0.4 is 10.6 Å². The van der Waals surface area contributed by atoms with Crippen molar-refractivity contribution in [2.24, 2.45) is 5.41 Å². The summed E-state index contributed by atoms with van der Waals surface area (Å²) in [5.74, 6) is -1.56. The van der Waals surface area contributed by atoms with Crippen LogP contribution in [0, 0.1) is 5.41 Å². The van der Waals surface area contributed by atoms with E-state index < -0.39 is 23.2 Å². The van der Waals surface area contributed by atoms with Crippen LogP contribution in [-0.2, 0) is 20.9 Å². The number of benzene rings is 1. The Morgan fingerprint density at radius 1 is 1.11 bits per heavy atom. The molecule has 0 aliphatic rings. The third-order valence-electron chi connectivity index (χ3n) is 3.97. The number of esters is 1. The number of hydrogen-bond donors (Lipinski definition) is 2. The van der Waals surface area contributed by atoms with E-state index in [1.165, 1.54) is 39.2 Å². The molecular weight excluding hydrogens is 370 g/mol. The first-order valence-electron chi connectivity index (χ1n) is 8.12. The molecule has 142 valence electrons. The van der Waals surface area contributed by atoms with E-state index in [0.29, 0.717) is 0 Å². The summed E-state index contributed by atoms with van der Waals surface area (Å²) < 4.78 is 4.65. The van der Waals surface area contributed by atoms with Gasteiger partial charge in [-0.05, 0) is 49.7 Å². The molecule has 2 amide bonds. The lowest BCUT2D eigenvalue weighted by Gasteiger charge is -2.23. The number of anilines is 1. The fourth-order valence-electron chi connectivity index (χ4n) is 2.15. The average Bonchev–Trinajstić information content (AvgIpc) is 2.67. The predicted octanol–water partition coefficient (Wildman–Crippen LogP) is 2.80. The maximum atomic E-state index is 12.6. The summed E-state index contributed by atoms with van der Waals surface area (Å²) >= 11 is 6.09. The Kier molecular flexibility index (Phi) is 6.52. The summed E-state index contributed by atoms with van der Waals surface area (Å²) in [5.41, 5.74) is -0.0439. The zero-order chi connectivity index (χ0) is 20.0. The molecule has 1 aromatic heterocycles. The van der Waals surface area contributed by atoms with Gasteiger partial charge in [0.25, 0.3) is 0 Å². The number of aromatic nitrogens is 1. The topological polar surface area (TPSA) is 97.4 Å². The molecule has 1 heterocycles. The maximum absolute atomic E-state index is 12.6. The van der Waals surface area contributed by atoms with E-state index in [-0.39, 0.29) is 22.8 Å². The van der Waals surface area contributed by atoms with E-state index in [2.05, 4.69) is 20.4 Å². The summed E-state index contributed by atoms with van der Waals surface area (Å²) in [5, 5.41) is 5.56. The van der Waals surface area contributed by atoms with Gasteiger partial charge in [0.2, 0.25) is 11.8 Å². The molecule has 2 aromatic rings. The zero-order valence-corrected chi connectivity index (χ0v) is 16.0. The van der Waals surface area contributed by atoms with Crippen molar-refractivity contribution in [2.45, 2.75) is 20.4 Å². The van der Waals surface area contributed by atoms with Crippen molar-refractivity contribution >= 4 is 35.1 Å². The van der Waals surface area contributed by atoms with Crippen molar-refractivity contribution in [3.05, 3.63) is 58.9 Å². The highest BCUT2D eigenvalue weighted by molar-refractivity contribution is 6.34. The Balaban J connectivity index is 2.09. The smallest absolute Gasteiger partial charge is 0.337 e. The molecule has 7 nitrogen and oxygen atoms in total. The fourth-order valence-corrected chi connectivity index (χ4v) is 2.32. The Hall–Kier alpha value is -2.93. The van der Waals surface area contributed by atoms with Gasteiger partial charge in [-0.1, -0.05) is 11.6 Å². The standard InChI is InChI=1S/C19H20ClN3O4/c1-19(2,17(25)22-11-12-6-8-21-9-7-12)18(26)23-15-10-13(16(24)27-3)4-5-14(15)20/h4-10H,11H2,1-3H3,(H,22,25)(H,23,26). The lowest BCUT2D eigenvalue weighted by atomic mass is 9.90. The molecule has 0 saturated heterocycles. The van der Waals surface area contributed by atoms with E-state index in [1.54, 1.807) is 24.5 Å². The molecule has 0 atom stereocenters. The second-order valence-corrected chi connectivity index (χ2v) is 6.71. The Labute approximate surface area is 162 Å². The predicted molar refractivity (Wildman–Crippen MR) is 101 cm³/mol. The lowest BCUT2D eigenvalue weighted by molar-refractivity contribution is -0.138. The molecule has 8 heteroatoms. The van der Waals surface area contributed by atoms with Gasteiger partial charge in [-0.3, -0.25) is 14.6 Å². The normalized spacial score (nSPS) is 10.8. The van der Waals surface area contributed by atoms with Crippen molar-refractivity contribution in [1.82, 2.24) is 10.3 Å². The van der Waals surface area contributed by atoms with Crippen LogP contribution in [0.4, 0.5) is 5.69 Å². The molecule has 2 N–H and O–H groups in total. The second kappa shape index (κ2) is 8.64. The van der Waals surface area contributed by atoms with Crippen LogP contribution in [0.15, 0.2) is 42.7 Å². The minimum absolute atomic E-state index is 0.222. The van der Waals surface area contributed by atoms with Crippen molar-refractivity contribution in [1.29, 1.82) is 0 Å². The van der Waals surface area contributed by atoms with Crippen LogP contribution in [-0.4, -0.2) is 29.9 Å². The molecule has 0 fully saturated rings. The highest BCUT2D eigenvalue weighted by Crippen LogP contribution is 2.26. The summed E-state index contributed by atoms with van der Waals surface area (Å²) in [4.78, 5) is 40.7. The first-order valence-corrected chi connectivity index (χ1v) is 8.50. The first kappa shape index (κ1) is 20.4. The molecule has 0 spiro atoms. The number of halogens is 1. The van der Waals surface area contributed by atoms with Crippen LogP contribution in [0.3, 0.4) is 0 Å². The highest BCUT2D eigenvalue weighted by atomic mass is 35.5. The molecule has 1 aromatic carbocycles. The Morgan fingerprint density at radius 3 is 2.41 bits per heavy atom. The molecule has 0 saturated carbocycles. The largest absolute Gasteiger partial charge is 0.465 e. The van der Waals surface area contributed by atoms with E-state index in [1.807, 2.05) is 0 Å². The van der Waals surface area contributed by atoms with Crippen LogP contribution in [0.1, 0.15) is 29.8 Å². The number of hydrogen-bond acceptors (Lipinski definition) is 5. The number of pyridine rings is 1. The van der Waals surface area contributed by atoms with Crippen LogP contribution in [0.25, 0.3) is 0 Å². The molecule has 0 aliphatic carbocycles. The average molecular weight is 390 g/mol. The molecule has 0 unspecified atom stereocenters. The van der Waals surface area contributed by atoms with Gasteiger partial charge >= 0.3 is 5.97 Å². The third-order valence-corrected chi connectivity index (χ3v) is 4.30.